The highest BCUT2D eigenvalue weighted by molar-refractivity contribution is 5.96. The molecule has 0 radical (unpaired) electrons. The first-order chi connectivity index (χ1) is 8.20. The molecule has 1 heterocycles. The lowest BCUT2D eigenvalue weighted by molar-refractivity contribution is 0.0663. The molecule has 3 heteroatoms. The zero-order chi connectivity index (χ0) is 12.0. The summed E-state index contributed by atoms with van der Waals surface area (Å²) in [7, 11) is 0. The van der Waals surface area contributed by atoms with Crippen molar-refractivity contribution < 1.29 is 14.3 Å². The van der Waals surface area contributed by atoms with Gasteiger partial charge in [0, 0.05) is 10.9 Å². The topological polar surface area (TPSA) is 50.4 Å². The largest absolute Gasteiger partial charge is 0.475 e. The molecule has 0 unspecified atom stereocenters. The minimum Gasteiger partial charge on any atom is -0.475 e. The van der Waals surface area contributed by atoms with Crippen molar-refractivity contribution in [2.75, 3.05) is 0 Å². The van der Waals surface area contributed by atoms with Gasteiger partial charge in [0.05, 0.1) is 0 Å². The minimum atomic E-state index is -0.957. The highest BCUT2D eigenvalue weighted by Gasteiger charge is 2.33. The van der Waals surface area contributed by atoms with Gasteiger partial charge in [-0.1, -0.05) is 13.0 Å². The van der Waals surface area contributed by atoms with Crippen LogP contribution < -0.4 is 0 Å². The van der Waals surface area contributed by atoms with Crippen molar-refractivity contribution >= 4 is 16.9 Å². The summed E-state index contributed by atoms with van der Waals surface area (Å²) in [6, 6.07) is 5.94. The fraction of sp³-hybridized carbons (Fsp3) is 0.357. The molecule has 1 N–H and O–H groups in total. The summed E-state index contributed by atoms with van der Waals surface area (Å²) in [5.74, 6) is -0.439. The summed E-state index contributed by atoms with van der Waals surface area (Å²) in [6.07, 6.45) is 3.10. The van der Waals surface area contributed by atoms with Gasteiger partial charge in [0.25, 0.3) is 0 Å². The van der Waals surface area contributed by atoms with Gasteiger partial charge in [0.15, 0.2) is 0 Å². The first kappa shape index (κ1) is 10.4. The quantitative estimate of drug-likeness (QED) is 0.876. The smallest absolute Gasteiger partial charge is 0.372 e. The third kappa shape index (κ3) is 1.62. The van der Waals surface area contributed by atoms with Crippen LogP contribution in [0.15, 0.2) is 22.6 Å². The second-order valence-corrected chi connectivity index (χ2v) is 4.61. The third-order valence-electron chi connectivity index (χ3n) is 3.38. The monoisotopic (exact) mass is 230 g/mol. The molecule has 0 spiro atoms. The van der Waals surface area contributed by atoms with E-state index in [4.69, 9.17) is 4.42 Å². The molecule has 88 valence electrons. The maximum atomic E-state index is 11.2. The van der Waals surface area contributed by atoms with Crippen molar-refractivity contribution in [2.24, 2.45) is 0 Å². The molecule has 1 aliphatic carbocycles. The SMILES string of the molecule is CCc1ccc2oc(C(=O)O)c(C3CC3)c2c1. The number of aromatic carboxylic acids is 1. The molecular formula is C14H14O3. The van der Waals surface area contributed by atoms with Crippen molar-refractivity contribution in [2.45, 2.75) is 32.1 Å². The Morgan fingerprint density at radius 1 is 1.47 bits per heavy atom. The van der Waals surface area contributed by atoms with E-state index < -0.39 is 5.97 Å². The summed E-state index contributed by atoms with van der Waals surface area (Å²) < 4.78 is 5.46. The van der Waals surface area contributed by atoms with Crippen LogP contribution in [0.4, 0.5) is 0 Å². The van der Waals surface area contributed by atoms with Gasteiger partial charge >= 0.3 is 5.97 Å². The van der Waals surface area contributed by atoms with E-state index in [1.807, 2.05) is 12.1 Å². The molecule has 0 bridgehead atoms. The first-order valence-electron chi connectivity index (χ1n) is 5.99. The van der Waals surface area contributed by atoms with Gasteiger partial charge in [0.2, 0.25) is 5.76 Å². The number of furan rings is 1. The van der Waals surface area contributed by atoms with E-state index in [0.717, 1.165) is 30.2 Å². The normalized spacial score (nSPS) is 15.4. The average Bonchev–Trinajstić information content (AvgIpc) is 3.08. The van der Waals surface area contributed by atoms with Crippen LogP contribution in [0, 0.1) is 0 Å². The van der Waals surface area contributed by atoms with Crippen LogP contribution in [-0.4, -0.2) is 11.1 Å². The van der Waals surface area contributed by atoms with Crippen LogP contribution in [0.25, 0.3) is 11.0 Å². The van der Waals surface area contributed by atoms with Crippen molar-refractivity contribution in [3.8, 4) is 0 Å². The van der Waals surface area contributed by atoms with Crippen LogP contribution in [0.5, 0.6) is 0 Å². The zero-order valence-corrected chi connectivity index (χ0v) is 9.69. The number of fused-ring (bicyclic) bond motifs is 1. The van der Waals surface area contributed by atoms with Gasteiger partial charge in [-0.05, 0) is 42.9 Å². The summed E-state index contributed by atoms with van der Waals surface area (Å²) in [4.78, 5) is 11.2. The van der Waals surface area contributed by atoms with Crippen LogP contribution >= 0.6 is 0 Å². The molecule has 0 amide bonds. The predicted octanol–water partition coefficient (Wildman–Crippen LogP) is 3.57. The highest BCUT2D eigenvalue weighted by Crippen LogP contribution is 2.46. The summed E-state index contributed by atoms with van der Waals surface area (Å²) >= 11 is 0. The molecule has 3 rings (SSSR count). The van der Waals surface area contributed by atoms with E-state index in [1.165, 1.54) is 5.56 Å². The lowest BCUT2D eigenvalue weighted by atomic mass is 10.0. The van der Waals surface area contributed by atoms with E-state index in [0.29, 0.717) is 11.5 Å². The van der Waals surface area contributed by atoms with E-state index in [2.05, 4.69) is 13.0 Å². The van der Waals surface area contributed by atoms with Gasteiger partial charge < -0.3 is 9.52 Å². The molecule has 1 aromatic heterocycles. The lowest BCUT2D eigenvalue weighted by Gasteiger charge is -1.98. The molecule has 1 saturated carbocycles. The lowest BCUT2D eigenvalue weighted by Crippen LogP contribution is -1.97. The third-order valence-corrected chi connectivity index (χ3v) is 3.38. The predicted molar refractivity (Wildman–Crippen MR) is 64.5 cm³/mol. The highest BCUT2D eigenvalue weighted by atomic mass is 16.4. The summed E-state index contributed by atoms with van der Waals surface area (Å²) in [5.41, 5.74) is 2.82. The molecule has 0 saturated heterocycles. The Kier molecular flexibility index (Phi) is 2.21. The molecule has 1 fully saturated rings. The zero-order valence-electron chi connectivity index (χ0n) is 9.69. The van der Waals surface area contributed by atoms with Gasteiger partial charge in [-0.15, -0.1) is 0 Å². The summed E-state index contributed by atoms with van der Waals surface area (Å²) in [5, 5.41) is 10.2. The number of carboxylic acids is 1. The number of carbonyl (C=O) groups is 1. The summed E-state index contributed by atoms with van der Waals surface area (Å²) in [6.45, 7) is 2.09. The van der Waals surface area contributed by atoms with E-state index in [9.17, 15) is 9.90 Å². The molecular weight excluding hydrogens is 216 g/mol. The minimum absolute atomic E-state index is 0.135. The average molecular weight is 230 g/mol. The second-order valence-electron chi connectivity index (χ2n) is 4.61. The Bertz CT molecular complexity index is 591. The fourth-order valence-electron chi connectivity index (χ4n) is 2.32. The number of hydrogen-bond donors (Lipinski definition) is 1. The Labute approximate surface area is 99.0 Å². The van der Waals surface area contributed by atoms with Crippen LogP contribution in [-0.2, 0) is 6.42 Å². The number of hydrogen-bond acceptors (Lipinski definition) is 2. The molecule has 2 aromatic rings. The molecule has 0 aliphatic heterocycles. The van der Waals surface area contributed by atoms with E-state index in [-0.39, 0.29) is 5.76 Å². The van der Waals surface area contributed by atoms with Gasteiger partial charge in [-0.25, -0.2) is 4.79 Å². The Hall–Kier alpha value is -1.77. The van der Waals surface area contributed by atoms with Crippen LogP contribution in [0.2, 0.25) is 0 Å². The van der Waals surface area contributed by atoms with Gasteiger partial charge in [-0.3, -0.25) is 0 Å². The first-order valence-corrected chi connectivity index (χ1v) is 5.99. The maximum Gasteiger partial charge on any atom is 0.372 e. The van der Waals surface area contributed by atoms with Crippen LogP contribution in [0.3, 0.4) is 0 Å². The number of carboxylic acid groups (broad SMARTS) is 1. The van der Waals surface area contributed by atoms with Crippen molar-refractivity contribution in [3.05, 3.63) is 35.1 Å². The van der Waals surface area contributed by atoms with Crippen molar-refractivity contribution in [3.63, 3.8) is 0 Å². The molecule has 1 aromatic carbocycles. The van der Waals surface area contributed by atoms with Crippen molar-refractivity contribution in [1.29, 1.82) is 0 Å². The van der Waals surface area contributed by atoms with Gasteiger partial charge in [0.1, 0.15) is 5.58 Å². The number of rotatable bonds is 3. The van der Waals surface area contributed by atoms with Crippen LogP contribution in [0.1, 0.15) is 47.4 Å². The Morgan fingerprint density at radius 2 is 2.24 bits per heavy atom. The standard InChI is InChI=1S/C14H14O3/c1-2-8-3-6-11-10(7-8)12(9-4-5-9)13(17-11)14(15)16/h3,6-7,9H,2,4-5H2,1H3,(H,15,16). The maximum absolute atomic E-state index is 11.2. The fourth-order valence-corrected chi connectivity index (χ4v) is 2.32. The Balaban J connectivity index is 2.28. The molecule has 17 heavy (non-hydrogen) atoms. The Morgan fingerprint density at radius 3 is 2.82 bits per heavy atom. The van der Waals surface area contributed by atoms with Gasteiger partial charge in [-0.2, -0.15) is 0 Å². The second kappa shape index (κ2) is 3.62. The van der Waals surface area contributed by atoms with E-state index in [1.54, 1.807) is 0 Å². The van der Waals surface area contributed by atoms with Crippen molar-refractivity contribution in [1.82, 2.24) is 0 Å². The molecule has 1 aliphatic rings. The molecule has 3 nitrogen and oxygen atoms in total. The number of aryl methyl sites for hydroxylation is 1. The molecule has 0 atom stereocenters. The number of benzene rings is 1. The van der Waals surface area contributed by atoms with E-state index >= 15 is 0 Å².